The first-order valence-corrected chi connectivity index (χ1v) is 6.53. The summed E-state index contributed by atoms with van der Waals surface area (Å²) in [6, 6.07) is 1.05. The molecule has 2 aliphatic rings. The lowest BCUT2D eigenvalue weighted by Crippen LogP contribution is -2.45. The van der Waals surface area contributed by atoms with E-state index in [2.05, 4.69) is 26.1 Å². The normalized spacial score (nSPS) is 28.1. The summed E-state index contributed by atoms with van der Waals surface area (Å²) in [6.07, 6.45) is 5.97. The second kappa shape index (κ2) is 4.36. The molecule has 2 fully saturated rings. The van der Waals surface area contributed by atoms with Crippen LogP contribution < -0.4 is 5.32 Å². The fourth-order valence-electron chi connectivity index (χ4n) is 2.89. The van der Waals surface area contributed by atoms with E-state index < -0.39 is 0 Å². The molecular weight excluding hydrogens is 200 g/mol. The summed E-state index contributed by atoms with van der Waals surface area (Å²) in [5, 5.41) is 3.65. The van der Waals surface area contributed by atoms with Gasteiger partial charge in [0.2, 0.25) is 5.91 Å². The lowest BCUT2D eigenvalue weighted by atomic mass is 10.1. The van der Waals surface area contributed by atoms with Gasteiger partial charge in [-0.1, -0.05) is 12.8 Å². The van der Waals surface area contributed by atoms with Crippen molar-refractivity contribution in [2.24, 2.45) is 0 Å². The number of carbonyl (C=O) groups is 1. The van der Waals surface area contributed by atoms with Gasteiger partial charge in [0, 0.05) is 30.6 Å². The second-order valence-electron chi connectivity index (χ2n) is 6.22. The summed E-state index contributed by atoms with van der Waals surface area (Å²) in [5.74, 6) is 0.308. The second-order valence-corrected chi connectivity index (χ2v) is 6.22. The fourth-order valence-corrected chi connectivity index (χ4v) is 2.89. The fraction of sp³-hybridized carbons (Fsp3) is 0.923. The summed E-state index contributed by atoms with van der Waals surface area (Å²) in [6.45, 7) is 7.23. The van der Waals surface area contributed by atoms with Gasteiger partial charge in [0.1, 0.15) is 0 Å². The minimum Gasteiger partial charge on any atom is -0.336 e. The van der Waals surface area contributed by atoms with E-state index in [0.29, 0.717) is 24.4 Å². The van der Waals surface area contributed by atoms with Crippen LogP contribution >= 0.6 is 0 Å². The minimum atomic E-state index is -0.0246. The predicted molar refractivity (Wildman–Crippen MR) is 65.3 cm³/mol. The molecule has 3 nitrogen and oxygen atoms in total. The van der Waals surface area contributed by atoms with Gasteiger partial charge in [-0.2, -0.15) is 0 Å². The molecule has 1 amide bonds. The van der Waals surface area contributed by atoms with E-state index in [1.807, 2.05) is 4.90 Å². The zero-order valence-electron chi connectivity index (χ0n) is 10.8. The standard InChI is InChI=1S/C13H24N2O/c1-13(2,3)15-9-11(8-12(15)16)14-10-6-4-5-7-10/h10-11,14H,4-9H2,1-3H3. The van der Waals surface area contributed by atoms with E-state index >= 15 is 0 Å². The third-order valence-corrected chi connectivity index (χ3v) is 3.76. The van der Waals surface area contributed by atoms with Gasteiger partial charge in [0.25, 0.3) is 0 Å². The number of hydrogen-bond donors (Lipinski definition) is 1. The Morgan fingerprint density at radius 1 is 1.19 bits per heavy atom. The van der Waals surface area contributed by atoms with Gasteiger partial charge < -0.3 is 10.2 Å². The number of nitrogens with zero attached hydrogens (tertiary/aromatic N) is 1. The molecule has 1 aliphatic heterocycles. The molecule has 3 heteroatoms. The minimum absolute atomic E-state index is 0.0246. The van der Waals surface area contributed by atoms with Crippen molar-refractivity contribution < 1.29 is 4.79 Å². The molecule has 1 atom stereocenters. The molecule has 92 valence electrons. The molecule has 2 rings (SSSR count). The largest absolute Gasteiger partial charge is 0.336 e. The van der Waals surface area contributed by atoms with Crippen molar-refractivity contribution in [1.29, 1.82) is 0 Å². The summed E-state index contributed by atoms with van der Waals surface area (Å²) >= 11 is 0. The quantitative estimate of drug-likeness (QED) is 0.777. The van der Waals surface area contributed by atoms with Gasteiger partial charge in [0.05, 0.1) is 0 Å². The zero-order chi connectivity index (χ0) is 11.8. The van der Waals surface area contributed by atoms with Crippen molar-refractivity contribution in [2.45, 2.75) is 70.5 Å². The van der Waals surface area contributed by atoms with E-state index in [4.69, 9.17) is 0 Å². The van der Waals surface area contributed by atoms with E-state index in [1.165, 1.54) is 25.7 Å². The van der Waals surface area contributed by atoms with Crippen molar-refractivity contribution in [3.63, 3.8) is 0 Å². The number of likely N-dealkylation sites (tertiary alicyclic amines) is 1. The lowest BCUT2D eigenvalue weighted by molar-refractivity contribution is -0.131. The van der Waals surface area contributed by atoms with Crippen LogP contribution in [-0.2, 0) is 4.79 Å². The van der Waals surface area contributed by atoms with Crippen LogP contribution in [0.3, 0.4) is 0 Å². The van der Waals surface area contributed by atoms with Crippen LogP contribution in [-0.4, -0.2) is 35.0 Å². The molecular formula is C13H24N2O. The van der Waals surface area contributed by atoms with Crippen molar-refractivity contribution in [1.82, 2.24) is 10.2 Å². The molecule has 0 bridgehead atoms. The Balaban J connectivity index is 1.88. The van der Waals surface area contributed by atoms with Crippen LogP contribution in [0.15, 0.2) is 0 Å². The highest BCUT2D eigenvalue weighted by Gasteiger charge is 2.36. The third-order valence-electron chi connectivity index (χ3n) is 3.76. The van der Waals surface area contributed by atoms with Crippen LogP contribution in [0.1, 0.15) is 52.9 Å². The number of amides is 1. The smallest absolute Gasteiger partial charge is 0.224 e. The molecule has 1 saturated carbocycles. The van der Waals surface area contributed by atoms with E-state index in [0.717, 1.165) is 6.54 Å². The van der Waals surface area contributed by atoms with Crippen LogP contribution in [0, 0.1) is 0 Å². The average Bonchev–Trinajstić information content (AvgIpc) is 2.74. The highest BCUT2D eigenvalue weighted by atomic mass is 16.2. The molecule has 0 aromatic heterocycles. The zero-order valence-corrected chi connectivity index (χ0v) is 10.8. The predicted octanol–water partition coefficient (Wildman–Crippen LogP) is 1.92. The number of nitrogens with one attached hydrogen (secondary N) is 1. The van der Waals surface area contributed by atoms with E-state index in [1.54, 1.807) is 0 Å². The molecule has 0 radical (unpaired) electrons. The van der Waals surface area contributed by atoms with Crippen molar-refractivity contribution in [2.75, 3.05) is 6.54 Å². The first-order chi connectivity index (χ1) is 7.47. The molecule has 16 heavy (non-hydrogen) atoms. The summed E-state index contributed by atoms with van der Waals surface area (Å²) in [4.78, 5) is 13.9. The van der Waals surface area contributed by atoms with Gasteiger partial charge in [-0.3, -0.25) is 4.79 Å². The highest BCUT2D eigenvalue weighted by Crippen LogP contribution is 2.24. The van der Waals surface area contributed by atoms with E-state index in [-0.39, 0.29) is 5.54 Å². The molecule has 0 aromatic carbocycles. The van der Waals surface area contributed by atoms with Gasteiger partial charge in [-0.15, -0.1) is 0 Å². The lowest BCUT2D eigenvalue weighted by Gasteiger charge is -2.32. The maximum absolute atomic E-state index is 11.9. The number of rotatable bonds is 2. The molecule has 1 saturated heterocycles. The van der Waals surface area contributed by atoms with Crippen molar-refractivity contribution in [3.05, 3.63) is 0 Å². The van der Waals surface area contributed by atoms with Crippen LogP contribution in [0.2, 0.25) is 0 Å². The SMILES string of the molecule is CC(C)(C)N1CC(NC2CCCC2)CC1=O. The Hall–Kier alpha value is -0.570. The number of hydrogen-bond acceptors (Lipinski definition) is 2. The van der Waals surface area contributed by atoms with Crippen LogP contribution in [0.5, 0.6) is 0 Å². The molecule has 0 aromatic rings. The van der Waals surface area contributed by atoms with Crippen LogP contribution in [0.25, 0.3) is 0 Å². The molecule has 1 unspecified atom stereocenters. The van der Waals surface area contributed by atoms with Gasteiger partial charge in [0.15, 0.2) is 0 Å². The third kappa shape index (κ3) is 2.57. The Bertz CT molecular complexity index is 264. The summed E-state index contributed by atoms with van der Waals surface area (Å²) in [5.41, 5.74) is -0.0246. The first-order valence-electron chi connectivity index (χ1n) is 6.53. The Kier molecular flexibility index (Phi) is 3.24. The highest BCUT2D eigenvalue weighted by molar-refractivity contribution is 5.80. The van der Waals surface area contributed by atoms with Gasteiger partial charge in [-0.25, -0.2) is 0 Å². The monoisotopic (exact) mass is 224 g/mol. The average molecular weight is 224 g/mol. The Morgan fingerprint density at radius 2 is 1.81 bits per heavy atom. The maximum atomic E-state index is 11.9. The van der Waals surface area contributed by atoms with Crippen LogP contribution in [0.4, 0.5) is 0 Å². The maximum Gasteiger partial charge on any atom is 0.224 e. The Morgan fingerprint density at radius 3 is 2.31 bits per heavy atom. The molecule has 0 spiro atoms. The Labute approximate surface area is 98.6 Å². The van der Waals surface area contributed by atoms with E-state index in [9.17, 15) is 4.79 Å². The van der Waals surface area contributed by atoms with Crippen molar-refractivity contribution in [3.8, 4) is 0 Å². The molecule has 1 N–H and O–H groups in total. The van der Waals surface area contributed by atoms with Crippen molar-refractivity contribution >= 4 is 5.91 Å². The summed E-state index contributed by atoms with van der Waals surface area (Å²) < 4.78 is 0. The summed E-state index contributed by atoms with van der Waals surface area (Å²) in [7, 11) is 0. The topological polar surface area (TPSA) is 32.3 Å². The van der Waals surface area contributed by atoms with Gasteiger partial charge >= 0.3 is 0 Å². The number of carbonyl (C=O) groups excluding carboxylic acids is 1. The molecule has 1 heterocycles. The first kappa shape index (κ1) is 11.9. The van der Waals surface area contributed by atoms with Gasteiger partial charge in [-0.05, 0) is 33.6 Å². The molecule has 1 aliphatic carbocycles.